The predicted octanol–water partition coefficient (Wildman–Crippen LogP) is 5.34. The van der Waals surface area contributed by atoms with E-state index in [2.05, 4.69) is 5.32 Å². The average Bonchev–Trinajstić information content (AvgIpc) is 2.99. The molecule has 41 heavy (non-hydrogen) atoms. The van der Waals surface area contributed by atoms with Gasteiger partial charge in [0.25, 0.3) is 10.0 Å². The van der Waals surface area contributed by atoms with Gasteiger partial charge in [0.2, 0.25) is 11.8 Å². The lowest BCUT2D eigenvalue weighted by Crippen LogP contribution is -2.51. The molecular weight excluding hydrogens is 558 g/mol. The molecule has 0 bridgehead atoms. The minimum atomic E-state index is -4.19. The summed E-state index contributed by atoms with van der Waals surface area (Å²) < 4.78 is 35.0. The highest BCUT2D eigenvalue weighted by atomic mass is 32.2. The minimum Gasteiger partial charge on any atom is -0.492 e. The Hall–Kier alpha value is -3.50. The quantitative estimate of drug-likeness (QED) is 0.188. The summed E-state index contributed by atoms with van der Waals surface area (Å²) in [4.78, 5) is 29.5. The number of anilines is 1. The number of para-hydroxylation sites is 2. The molecule has 0 aliphatic rings. The zero-order valence-electron chi connectivity index (χ0n) is 24.1. The topological polar surface area (TPSA) is 96.0 Å². The maximum Gasteiger partial charge on any atom is 0.264 e. The number of unbranched alkanes of at least 4 members (excludes halogenated alkanes) is 1. The second kappa shape index (κ2) is 15.5. The standard InChI is InChI=1S/C31H39N3O5S2/c1-5-7-21-32-31(36)24(3)33(22-25-13-9-8-10-14-25)30(35)23-34(28-15-11-12-16-29(28)39-6-2)41(37,38)27-19-17-26(40-4)18-20-27/h8-20,24H,5-7,21-23H2,1-4H3,(H,32,36)/t24-/m0/s1. The Kier molecular flexibility index (Phi) is 12.1. The summed E-state index contributed by atoms with van der Waals surface area (Å²) in [6, 6.07) is 21.8. The normalized spacial score (nSPS) is 11.9. The van der Waals surface area contributed by atoms with Crippen molar-refractivity contribution >= 4 is 39.3 Å². The van der Waals surface area contributed by atoms with Crippen molar-refractivity contribution in [2.75, 3.05) is 30.3 Å². The maximum atomic E-state index is 14.1. The summed E-state index contributed by atoms with van der Waals surface area (Å²) in [5, 5.41) is 2.90. The fourth-order valence-electron chi connectivity index (χ4n) is 4.23. The molecule has 220 valence electrons. The van der Waals surface area contributed by atoms with Crippen molar-refractivity contribution in [3.63, 3.8) is 0 Å². The molecule has 0 aliphatic heterocycles. The zero-order valence-corrected chi connectivity index (χ0v) is 25.7. The Morgan fingerprint density at radius 3 is 2.24 bits per heavy atom. The first kappa shape index (κ1) is 32.0. The molecule has 0 saturated carbocycles. The second-order valence-corrected chi connectivity index (χ2v) is 12.2. The largest absolute Gasteiger partial charge is 0.492 e. The third kappa shape index (κ3) is 8.50. The van der Waals surface area contributed by atoms with E-state index >= 15 is 0 Å². The van der Waals surface area contributed by atoms with Gasteiger partial charge in [-0.3, -0.25) is 13.9 Å². The Morgan fingerprint density at radius 1 is 0.951 bits per heavy atom. The highest BCUT2D eigenvalue weighted by Crippen LogP contribution is 2.33. The number of hydrogen-bond acceptors (Lipinski definition) is 6. The van der Waals surface area contributed by atoms with Gasteiger partial charge in [0.1, 0.15) is 18.3 Å². The van der Waals surface area contributed by atoms with Gasteiger partial charge in [-0.2, -0.15) is 0 Å². The van der Waals surface area contributed by atoms with E-state index in [4.69, 9.17) is 4.74 Å². The summed E-state index contributed by atoms with van der Waals surface area (Å²) >= 11 is 1.50. The third-order valence-electron chi connectivity index (χ3n) is 6.55. The smallest absolute Gasteiger partial charge is 0.264 e. The van der Waals surface area contributed by atoms with Crippen LogP contribution in [0.25, 0.3) is 0 Å². The summed E-state index contributed by atoms with van der Waals surface area (Å²) in [6.45, 7) is 5.95. The van der Waals surface area contributed by atoms with E-state index in [1.807, 2.05) is 50.4 Å². The van der Waals surface area contributed by atoms with Crippen LogP contribution in [0, 0.1) is 0 Å². The first-order valence-corrected chi connectivity index (χ1v) is 16.4. The lowest BCUT2D eigenvalue weighted by atomic mass is 10.1. The van der Waals surface area contributed by atoms with E-state index in [1.54, 1.807) is 43.3 Å². The molecule has 0 spiro atoms. The first-order valence-electron chi connectivity index (χ1n) is 13.7. The molecule has 0 fully saturated rings. The molecule has 0 radical (unpaired) electrons. The van der Waals surface area contributed by atoms with Crippen LogP contribution in [0.1, 0.15) is 39.2 Å². The molecule has 2 amide bonds. The fraction of sp³-hybridized carbons (Fsp3) is 0.355. The van der Waals surface area contributed by atoms with Crippen LogP contribution in [0.4, 0.5) is 5.69 Å². The number of amides is 2. The number of carbonyl (C=O) groups is 2. The van der Waals surface area contributed by atoms with Crippen molar-refractivity contribution in [1.82, 2.24) is 10.2 Å². The number of rotatable bonds is 15. The molecule has 3 aromatic carbocycles. The second-order valence-electron chi connectivity index (χ2n) is 9.42. The van der Waals surface area contributed by atoms with Crippen molar-refractivity contribution in [2.24, 2.45) is 0 Å². The zero-order chi connectivity index (χ0) is 29.8. The average molecular weight is 598 g/mol. The van der Waals surface area contributed by atoms with Crippen LogP contribution in [-0.2, 0) is 26.2 Å². The summed E-state index contributed by atoms with van der Waals surface area (Å²) in [5.41, 5.74) is 1.07. The van der Waals surface area contributed by atoms with Crippen molar-refractivity contribution in [1.29, 1.82) is 0 Å². The van der Waals surface area contributed by atoms with Crippen molar-refractivity contribution in [3.8, 4) is 5.75 Å². The first-order chi connectivity index (χ1) is 19.7. The fourth-order valence-corrected chi connectivity index (χ4v) is 6.06. The molecule has 0 aliphatic carbocycles. The molecule has 3 rings (SSSR count). The number of thioether (sulfide) groups is 1. The van der Waals surface area contributed by atoms with Gasteiger partial charge in [-0.25, -0.2) is 8.42 Å². The van der Waals surface area contributed by atoms with Gasteiger partial charge in [0.05, 0.1) is 17.2 Å². The highest BCUT2D eigenvalue weighted by molar-refractivity contribution is 7.98. The van der Waals surface area contributed by atoms with E-state index < -0.39 is 28.5 Å². The minimum absolute atomic E-state index is 0.0503. The van der Waals surface area contributed by atoms with E-state index in [-0.39, 0.29) is 23.0 Å². The number of hydrogen-bond donors (Lipinski definition) is 1. The molecule has 0 saturated heterocycles. The molecule has 0 unspecified atom stereocenters. The van der Waals surface area contributed by atoms with Gasteiger partial charge >= 0.3 is 0 Å². The van der Waals surface area contributed by atoms with E-state index in [0.717, 1.165) is 27.6 Å². The molecule has 1 atom stereocenters. The number of nitrogens with one attached hydrogen (secondary N) is 1. The van der Waals surface area contributed by atoms with Gasteiger partial charge < -0.3 is 15.0 Å². The van der Waals surface area contributed by atoms with E-state index in [9.17, 15) is 18.0 Å². The number of nitrogens with zero attached hydrogens (tertiary/aromatic N) is 2. The third-order valence-corrected chi connectivity index (χ3v) is 9.07. The molecule has 8 nitrogen and oxygen atoms in total. The van der Waals surface area contributed by atoms with Gasteiger partial charge in [-0.05, 0) is 68.5 Å². The number of carbonyl (C=O) groups excluding carboxylic acids is 2. The van der Waals surface area contributed by atoms with Crippen LogP contribution in [-0.4, -0.2) is 57.1 Å². The van der Waals surface area contributed by atoms with Crippen LogP contribution >= 0.6 is 11.8 Å². The Morgan fingerprint density at radius 2 is 1.61 bits per heavy atom. The number of ether oxygens (including phenoxy) is 1. The van der Waals surface area contributed by atoms with Crippen LogP contribution in [0.2, 0.25) is 0 Å². The van der Waals surface area contributed by atoms with Crippen LogP contribution < -0.4 is 14.4 Å². The lowest BCUT2D eigenvalue weighted by Gasteiger charge is -2.32. The molecule has 3 aromatic rings. The summed E-state index contributed by atoms with van der Waals surface area (Å²) in [7, 11) is -4.19. The predicted molar refractivity (Wildman–Crippen MR) is 165 cm³/mol. The molecule has 0 aromatic heterocycles. The molecule has 0 heterocycles. The van der Waals surface area contributed by atoms with E-state index in [0.29, 0.717) is 18.9 Å². The van der Waals surface area contributed by atoms with Crippen molar-refractivity contribution < 1.29 is 22.7 Å². The van der Waals surface area contributed by atoms with Crippen molar-refractivity contribution in [3.05, 3.63) is 84.4 Å². The molecule has 1 N–H and O–H groups in total. The Labute approximate surface area is 248 Å². The maximum absolute atomic E-state index is 14.1. The number of benzene rings is 3. The van der Waals surface area contributed by atoms with Crippen molar-refractivity contribution in [2.45, 2.75) is 56.0 Å². The van der Waals surface area contributed by atoms with Gasteiger partial charge in [0.15, 0.2) is 0 Å². The monoisotopic (exact) mass is 597 g/mol. The lowest BCUT2D eigenvalue weighted by molar-refractivity contribution is -0.139. The Balaban J connectivity index is 2.04. The van der Waals surface area contributed by atoms with E-state index in [1.165, 1.54) is 28.8 Å². The SMILES string of the molecule is CCCCNC(=O)[C@H](C)N(Cc1ccccc1)C(=O)CN(c1ccccc1OCC)S(=O)(=O)c1ccc(SC)cc1. The highest BCUT2D eigenvalue weighted by Gasteiger charge is 2.33. The van der Waals surface area contributed by atoms with Gasteiger partial charge in [0, 0.05) is 18.0 Å². The molecular formula is C31H39N3O5S2. The van der Waals surface area contributed by atoms with Crippen LogP contribution in [0.5, 0.6) is 5.75 Å². The molecule has 10 heteroatoms. The summed E-state index contributed by atoms with van der Waals surface area (Å²) in [5.74, 6) is -0.464. The van der Waals surface area contributed by atoms with Crippen LogP contribution in [0.3, 0.4) is 0 Å². The van der Waals surface area contributed by atoms with Crippen LogP contribution in [0.15, 0.2) is 88.7 Å². The Bertz CT molecular complexity index is 1380. The van der Waals surface area contributed by atoms with Gasteiger partial charge in [-0.1, -0.05) is 55.8 Å². The summed E-state index contributed by atoms with van der Waals surface area (Å²) in [6.07, 6.45) is 3.65. The number of sulfonamides is 1. The van der Waals surface area contributed by atoms with Gasteiger partial charge in [-0.15, -0.1) is 11.8 Å².